The Bertz CT molecular complexity index is 844. The van der Waals surface area contributed by atoms with E-state index < -0.39 is 0 Å². The molecule has 1 aromatic carbocycles. The molecule has 0 bridgehead atoms. The molecule has 1 aromatic heterocycles. The van der Waals surface area contributed by atoms with E-state index in [-0.39, 0.29) is 29.0 Å². The summed E-state index contributed by atoms with van der Waals surface area (Å²) in [5.74, 6) is -0.314. The van der Waals surface area contributed by atoms with E-state index in [4.69, 9.17) is 0 Å². The molecule has 3 rings (SSSR count). The van der Waals surface area contributed by atoms with Crippen LogP contribution >= 0.6 is 0 Å². The van der Waals surface area contributed by atoms with Crippen molar-refractivity contribution in [1.82, 2.24) is 14.9 Å². The second-order valence-electron chi connectivity index (χ2n) is 8.13. The zero-order valence-corrected chi connectivity index (χ0v) is 16.4. The number of amides is 2. The summed E-state index contributed by atoms with van der Waals surface area (Å²) in [6.07, 6.45) is 4.66. The number of benzene rings is 1. The number of anilines is 1. The van der Waals surface area contributed by atoms with Crippen LogP contribution in [0.25, 0.3) is 0 Å². The summed E-state index contributed by atoms with van der Waals surface area (Å²) < 4.78 is 13.1. The van der Waals surface area contributed by atoms with Crippen LogP contribution in [0.1, 0.15) is 49.8 Å². The van der Waals surface area contributed by atoms with Crippen LogP contribution in [-0.4, -0.2) is 39.8 Å². The van der Waals surface area contributed by atoms with Crippen molar-refractivity contribution < 1.29 is 14.0 Å². The smallest absolute Gasteiger partial charge is 0.253 e. The predicted molar refractivity (Wildman–Crippen MR) is 104 cm³/mol. The van der Waals surface area contributed by atoms with Crippen LogP contribution < -0.4 is 5.32 Å². The molecule has 1 aliphatic heterocycles. The van der Waals surface area contributed by atoms with Crippen molar-refractivity contribution in [1.29, 1.82) is 0 Å². The van der Waals surface area contributed by atoms with Gasteiger partial charge in [0, 0.05) is 24.1 Å². The summed E-state index contributed by atoms with van der Waals surface area (Å²) in [6.45, 7) is 6.99. The van der Waals surface area contributed by atoms with Gasteiger partial charge in [0.15, 0.2) is 0 Å². The maximum atomic E-state index is 13.1. The first kappa shape index (κ1) is 19.9. The number of carbonyl (C=O) groups is 2. The van der Waals surface area contributed by atoms with Crippen molar-refractivity contribution in [3.8, 4) is 0 Å². The Labute approximate surface area is 164 Å². The number of rotatable bonds is 3. The largest absolute Gasteiger partial charge is 0.338 e. The normalized spacial score (nSPS) is 17.3. The second kappa shape index (κ2) is 8.04. The molecule has 1 N–H and O–H groups in total. The van der Waals surface area contributed by atoms with E-state index in [9.17, 15) is 14.0 Å². The highest BCUT2D eigenvalue weighted by Crippen LogP contribution is 2.22. The molecule has 2 heterocycles. The minimum Gasteiger partial charge on any atom is -0.338 e. The molecule has 28 heavy (non-hydrogen) atoms. The van der Waals surface area contributed by atoms with Gasteiger partial charge < -0.3 is 10.2 Å². The molecule has 148 valence electrons. The van der Waals surface area contributed by atoms with Gasteiger partial charge in [-0.25, -0.2) is 14.4 Å². The topological polar surface area (TPSA) is 75.2 Å². The zero-order chi connectivity index (χ0) is 20.3. The third-order valence-electron chi connectivity index (χ3n) is 4.76. The van der Waals surface area contributed by atoms with Crippen LogP contribution in [0.2, 0.25) is 0 Å². The number of halogens is 1. The standard InChI is InChI=1S/C21H25FN4O2/c1-21(2,3)20-23-11-17(12-24-20)25-18(27)15-5-4-10-26(13-15)19(28)14-6-8-16(22)9-7-14/h6-9,11-12,15H,4-5,10,13H2,1-3H3,(H,25,27)/t15-/m0/s1. The Kier molecular flexibility index (Phi) is 5.72. The molecule has 2 amide bonds. The number of likely N-dealkylation sites (tertiary alicyclic amines) is 1. The van der Waals surface area contributed by atoms with Gasteiger partial charge in [0.1, 0.15) is 11.6 Å². The first-order chi connectivity index (χ1) is 13.2. The van der Waals surface area contributed by atoms with Crippen molar-refractivity contribution in [2.24, 2.45) is 5.92 Å². The zero-order valence-electron chi connectivity index (χ0n) is 16.4. The number of hydrogen-bond acceptors (Lipinski definition) is 4. The van der Waals surface area contributed by atoms with Gasteiger partial charge >= 0.3 is 0 Å². The molecule has 0 saturated carbocycles. The molecular formula is C21H25FN4O2. The Balaban J connectivity index is 1.62. The average Bonchev–Trinajstić information content (AvgIpc) is 2.68. The van der Waals surface area contributed by atoms with Gasteiger partial charge in [0.25, 0.3) is 5.91 Å². The lowest BCUT2D eigenvalue weighted by molar-refractivity contribution is -0.121. The fraction of sp³-hybridized carbons (Fsp3) is 0.429. The molecule has 0 unspecified atom stereocenters. The monoisotopic (exact) mass is 384 g/mol. The number of nitrogens with one attached hydrogen (secondary N) is 1. The number of carbonyl (C=O) groups excluding carboxylic acids is 2. The minimum atomic E-state index is -0.382. The van der Waals surface area contributed by atoms with E-state index in [1.54, 1.807) is 17.3 Å². The lowest BCUT2D eigenvalue weighted by Crippen LogP contribution is -2.43. The van der Waals surface area contributed by atoms with Gasteiger partial charge in [-0.05, 0) is 37.1 Å². The molecule has 0 aliphatic carbocycles. The highest BCUT2D eigenvalue weighted by Gasteiger charge is 2.29. The van der Waals surface area contributed by atoms with Crippen LogP contribution in [0.5, 0.6) is 0 Å². The molecule has 1 aliphatic rings. The van der Waals surface area contributed by atoms with Crippen LogP contribution in [0.4, 0.5) is 10.1 Å². The minimum absolute atomic E-state index is 0.149. The van der Waals surface area contributed by atoms with Crippen LogP contribution in [0, 0.1) is 11.7 Å². The molecule has 0 radical (unpaired) electrons. The Morgan fingerprint density at radius 1 is 1.14 bits per heavy atom. The van der Waals surface area contributed by atoms with E-state index in [1.165, 1.54) is 24.3 Å². The van der Waals surface area contributed by atoms with E-state index in [2.05, 4.69) is 15.3 Å². The first-order valence-electron chi connectivity index (χ1n) is 9.42. The lowest BCUT2D eigenvalue weighted by atomic mass is 9.95. The van der Waals surface area contributed by atoms with E-state index in [0.29, 0.717) is 36.6 Å². The van der Waals surface area contributed by atoms with E-state index in [1.807, 2.05) is 20.8 Å². The Morgan fingerprint density at radius 3 is 2.39 bits per heavy atom. The number of aromatic nitrogens is 2. The predicted octanol–water partition coefficient (Wildman–Crippen LogP) is 3.40. The van der Waals surface area contributed by atoms with Gasteiger partial charge in [0.05, 0.1) is 24.0 Å². The van der Waals surface area contributed by atoms with Crippen LogP contribution in [0.15, 0.2) is 36.7 Å². The van der Waals surface area contributed by atoms with Gasteiger partial charge in [-0.2, -0.15) is 0 Å². The summed E-state index contributed by atoms with van der Waals surface area (Å²) >= 11 is 0. The van der Waals surface area contributed by atoms with Crippen molar-refractivity contribution in [2.45, 2.75) is 39.0 Å². The fourth-order valence-corrected chi connectivity index (χ4v) is 3.17. The summed E-state index contributed by atoms with van der Waals surface area (Å²) in [5.41, 5.74) is 0.807. The van der Waals surface area contributed by atoms with Crippen molar-refractivity contribution in [3.05, 3.63) is 53.9 Å². The third-order valence-corrected chi connectivity index (χ3v) is 4.76. The number of piperidine rings is 1. The molecule has 6 nitrogen and oxygen atoms in total. The highest BCUT2D eigenvalue weighted by molar-refractivity contribution is 5.96. The number of nitrogens with zero attached hydrogens (tertiary/aromatic N) is 3. The highest BCUT2D eigenvalue weighted by atomic mass is 19.1. The molecule has 1 saturated heterocycles. The Hall–Kier alpha value is -2.83. The van der Waals surface area contributed by atoms with E-state index >= 15 is 0 Å². The third kappa shape index (κ3) is 4.71. The molecule has 7 heteroatoms. The van der Waals surface area contributed by atoms with Gasteiger partial charge in [-0.1, -0.05) is 20.8 Å². The molecular weight excluding hydrogens is 359 g/mol. The molecule has 1 fully saturated rings. The summed E-state index contributed by atoms with van der Waals surface area (Å²) in [4.78, 5) is 35.6. The summed E-state index contributed by atoms with van der Waals surface area (Å²) in [7, 11) is 0. The number of hydrogen-bond donors (Lipinski definition) is 1. The van der Waals surface area contributed by atoms with Gasteiger partial charge in [0.2, 0.25) is 5.91 Å². The average molecular weight is 384 g/mol. The summed E-state index contributed by atoms with van der Waals surface area (Å²) in [5, 5.41) is 2.85. The van der Waals surface area contributed by atoms with Crippen molar-refractivity contribution >= 4 is 17.5 Å². The fourth-order valence-electron chi connectivity index (χ4n) is 3.17. The molecule has 1 atom stereocenters. The van der Waals surface area contributed by atoms with Gasteiger partial charge in [-0.3, -0.25) is 9.59 Å². The molecule has 2 aromatic rings. The maximum Gasteiger partial charge on any atom is 0.253 e. The SMILES string of the molecule is CC(C)(C)c1ncc(NC(=O)[C@H]2CCCN(C(=O)c3ccc(F)cc3)C2)cn1. The van der Waals surface area contributed by atoms with Gasteiger partial charge in [-0.15, -0.1) is 0 Å². The second-order valence-corrected chi connectivity index (χ2v) is 8.13. The van der Waals surface area contributed by atoms with Crippen molar-refractivity contribution in [3.63, 3.8) is 0 Å². The van der Waals surface area contributed by atoms with Crippen LogP contribution in [-0.2, 0) is 10.2 Å². The summed E-state index contributed by atoms with van der Waals surface area (Å²) in [6, 6.07) is 5.47. The maximum absolute atomic E-state index is 13.1. The van der Waals surface area contributed by atoms with E-state index in [0.717, 1.165) is 6.42 Å². The molecule has 0 spiro atoms. The quantitative estimate of drug-likeness (QED) is 0.880. The Morgan fingerprint density at radius 2 is 1.79 bits per heavy atom. The first-order valence-corrected chi connectivity index (χ1v) is 9.42. The van der Waals surface area contributed by atoms with Crippen LogP contribution in [0.3, 0.4) is 0 Å². The van der Waals surface area contributed by atoms with Crippen molar-refractivity contribution in [2.75, 3.05) is 18.4 Å². The lowest BCUT2D eigenvalue weighted by Gasteiger charge is -2.32.